The summed E-state index contributed by atoms with van der Waals surface area (Å²) in [4.78, 5) is 6.79. The normalized spacial score (nSPS) is 11.9. The molecule has 1 aromatic heterocycles. The summed E-state index contributed by atoms with van der Waals surface area (Å²) in [5.74, 6) is -0.386. The van der Waals surface area contributed by atoms with Crippen molar-refractivity contribution >= 4 is 11.6 Å². The van der Waals surface area contributed by atoms with Crippen LogP contribution in [-0.2, 0) is 6.18 Å². The molecule has 0 saturated carbocycles. The van der Waals surface area contributed by atoms with Crippen molar-refractivity contribution in [2.75, 3.05) is 11.1 Å². The molecule has 0 bridgehead atoms. The summed E-state index contributed by atoms with van der Waals surface area (Å²) in [5.41, 5.74) is 3.99. The number of hydrogen-bond donors (Lipinski definition) is 2. The van der Waals surface area contributed by atoms with E-state index in [9.17, 15) is 13.2 Å². The third-order valence-electron chi connectivity index (χ3n) is 1.50. The fourth-order valence-corrected chi connectivity index (χ4v) is 0.987. The first kappa shape index (κ1) is 11.5. The van der Waals surface area contributed by atoms with E-state index in [1.807, 2.05) is 13.8 Å². The first-order valence-electron chi connectivity index (χ1n) is 4.27. The minimum Gasteiger partial charge on any atom is -0.382 e. The Morgan fingerprint density at radius 3 is 2.40 bits per heavy atom. The van der Waals surface area contributed by atoms with E-state index in [4.69, 9.17) is 5.73 Å². The zero-order valence-electron chi connectivity index (χ0n) is 8.26. The molecule has 1 rings (SSSR count). The molecule has 15 heavy (non-hydrogen) atoms. The van der Waals surface area contributed by atoms with Crippen LogP contribution in [-0.4, -0.2) is 16.0 Å². The predicted molar refractivity (Wildman–Crippen MR) is 50.2 cm³/mol. The van der Waals surface area contributed by atoms with Gasteiger partial charge in [0.05, 0.1) is 6.20 Å². The Balaban J connectivity index is 2.99. The van der Waals surface area contributed by atoms with Crippen molar-refractivity contribution in [3.8, 4) is 0 Å². The Labute approximate surface area is 84.7 Å². The minimum absolute atomic E-state index is 0.0513. The Hall–Kier alpha value is -1.53. The Kier molecular flexibility index (Phi) is 3.01. The second kappa shape index (κ2) is 3.92. The molecule has 0 spiro atoms. The number of nitrogens with zero attached hydrogens (tertiary/aromatic N) is 2. The molecule has 0 aliphatic rings. The molecule has 0 fully saturated rings. The molecule has 0 saturated heterocycles. The second-order valence-electron chi connectivity index (χ2n) is 3.29. The summed E-state index contributed by atoms with van der Waals surface area (Å²) in [6.45, 7) is 3.66. The van der Waals surface area contributed by atoms with Gasteiger partial charge in [0.15, 0.2) is 11.5 Å². The zero-order chi connectivity index (χ0) is 11.6. The summed E-state index contributed by atoms with van der Waals surface area (Å²) in [6.07, 6.45) is -3.55. The lowest BCUT2D eigenvalue weighted by Gasteiger charge is -2.11. The summed E-state index contributed by atoms with van der Waals surface area (Å²) < 4.78 is 36.7. The van der Waals surface area contributed by atoms with Crippen LogP contribution < -0.4 is 11.1 Å². The summed E-state index contributed by atoms with van der Waals surface area (Å²) in [5, 5.41) is 2.80. The molecule has 84 valence electrons. The van der Waals surface area contributed by atoms with Crippen LogP contribution in [0.3, 0.4) is 0 Å². The number of halogens is 3. The molecule has 0 amide bonds. The van der Waals surface area contributed by atoms with E-state index in [1.54, 1.807) is 0 Å². The zero-order valence-corrected chi connectivity index (χ0v) is 8.26. The smallest absolute Gasteiger partial charge is 0.382 e. The summed E-state index contributed by atoms with van der Waals surface area (Å²) in [6, 6.07) is 0.0513. The van der Waals surface area contributed by atoms with E-state index < -0.39 is 17.7 Å². The third kappa shape index (κ3) is 2.97. The molecule has 0 atom stereocenters. The average molecular weight is 220 g/mol. The molecule has 1 heterocycles. The number of alkyl halides is 3. The van der Waals surface area contributed by atoms with Crippen LogP contribution in [0.15, 0.2) is 6.20 Å². The van der Waals surface area contributed by atoms with Crippen LogP contribution in [0.5, 0.6) is 0 Å². The highest BCUT2D eigenvalue weighted by Gasteiger charge is 2.35. The van der Waals surface area contributed by atoms with E-state index >= 15 is 0 Å². The largest absolute Gasteiger partial charge is 0.437 e. The molecule has 0 radical (unpaired) electrons. The van der Waals surface area contributed by atoms with Crippen molar-refractivity contribution < 1.29 is 13.2 Å². The molecule has 0 aliphatic heterocycles. The number of anilines is 2. The van der Waals surface area contributed by atoms with Gasteiger partial charge in [0.2, 0.25) is 0 Å². The highest BCUT2D eigenvalue weighted by Crippen LogP contribution is 2.31. The molecule has 0 aromatic carbocycles. The van der Waals surface area contributed by atoms with Crippen LogP contribution in [0.1, 0.15) is 19.5 Å². The third-order valence-corrected chi connectivity index (χ3v) is 1.50. The van der Waals surface area contributed by atoms with E-state index in [0.717, 1.165) is 6.20 Å². The SMILES string of the molecule is CC(C)Nc1cnc(C(F)(F)F)c(N)n1. The van der Waals surface area contributed by atoms with E-state index in [2.05, 4.69) is 15.3 Å². The monoisotopic (exact) mass is 220 g/mol. The lowest BCUT2D eigenvalue weighted by molar-refractivity contribution is -0.140. The van der Waals surface area contributed by atoms with Gasteiger partial charge >= 0.3 is 6.18 Å². The fraction of sp³-hybridized carbons (Fsp3) is 0.500. The number of aromatic nitrogens is 2. The summed E-state index contributed by atoms with van der Waals surface area (Å²) >= 11 is 0. The van der Waals surface area contributed by atoms with Gasteiger partial charge in [0.1, 0.15) is 5.82 Å². The van der Waals surface area contributed by atoms with Crippen molar-refractivity contribution in [1.29, 1.82) is 0 Å². The molecule has 3 N–H and O–H groups in total. The molecule has 0 aliphatic carbocycles. The van der Waals surface area contributed by atoms with Crippen molar-refractivity contribution in [2.45, 2.75) is 26.1 Å². The Morgan fingerprint density at radius 1 is 1.40 bits per heavy atom. The van der Waals surface area contributed by atoms with Gasteiger partial charge in [-0.3, -0.25) is 0 Å². The topological polar surface area (TPSA) is 63.8 Å². The number of rotatable bonds is 2. The highest BCUT2D eigenvalue weighted by molar-refractivity contribution is 5.44. The van der Waals surface area contributed by atoms with Gasteiger partial charge in [-0.1, -0.05) is 0 Å². The second-order valence-corrected chi connectivity index (χ2v) is 3.29. The Morgan fingerprint density at radius 2 is 2.00 bits per heavy atom. The number of nitrogens with two attached hydrogens (primary N) is 1. The van der Waals surface area contributed by atoms with Crippen molar-refractivity contribution in [3.05, 3.63) is 11.9 Å². The first-order valence-corrected chi connectivity index (χ1v) is 4.27. The van der Waals surface area contributed by atoms with Crippen molar-refractivity contribution in [2.24, 2.45) is 0 Å². The van der Waals surface area contributed by atoms with Gasteiger partial charge in [-0.05, 0) is 13.8 Å². The molecule has 7 heteroatoms. The van der Waals surface area contributed by atoms with Crippen LogP contribution in [0.2, 0.25) is 0 Å². The summed E-state index contributed by atoms with van der Waals surface area (Å²) in [7, 11) is 0. The van der Waals surface area contributed by atoms with Crippen LogP contribution in [0, 0.1) is 0 Å². The van der Waals surface area contributed by atoms with E-state index in [0.29, 0.717) is 0 Å². The standard InChI is InChI=1S/C8H11F3N4/c1-4(2)14-5-3-13-6(7(12)15-5)8(9,10)11/h3-4H,1-2H3,(H3,12,14,15). The quantitative estimate of drug-likeness (QED) is 0.798. The minimum atomic E-state index is -4.56. The molecule has 0 unspecified atom stereocenters. The van der Waals surface area contributed by atoms with E-state index in [1.165, 1.54) is 0 Å². The van der Waals surface area contributed by atoms with Crippen LogP contribution in [0.4, 0.5) is 24.8 Å². The predicted octanol–water partition coefficient (Wildman–Crippen LogP) is 1.90. The first-order chi connectivity index (χ1) is 6.80. The Bertz CT molecular complexity index is 348. The average Bonchev–Trinajstić information content (AvgIpc) is 1.99. The molecular formula is C8H11F3N4. The van der Waals surface area contributed by atoms with Gasteiger partial charge < -0.3 is 11.1 Å². The maximum Gasteiger partial charge on any atom is 0.437 e. The maximum absolute atomic E-state index is 12.2. The van der Waals surface area contributed by atoms with Crippen LogP contribution in [0.25, 0.3) is 0 Å². The maximum atomic E-state index is 12.2. The number of nitrogens with one attached hydrogen (secondary N) is 1. The molecular weight excluding hydrogens is 209 g/mol. The number of nitrogen functional groups attached to an aromatic ring is 1. The fourth-order valence-electron chi connectivity index (χ4n) is 0.987. The van der Waals surface area contributed by atoms with Gasteiger partial charge in [0.25, 0.3) is 0 Å². The van der Waals surface area contributed by atoms with Crippen molar-refractivity contribution in [3.63, 3.8) is 0 Å². The van der Waals surface area contributed by atoms with E-state index in [-0.39, 0.29) is 11.9 Å². The number of hydrogen-bond acceptors (Lipinski definition) is 4. The molecule has 1 aromatic rings. The lowest BCUT2D eigenvalue weighted by Crippen LogP contribution is -2.16. The van der Waals surface area contributed by atoms with Gasteiger partial charge in [-0.25, -0.2) is 9.97 Å². The van der Waals surface area contributed by atoms with Crippen molar-refractivity contribution in [1.82, 2.24) is 9.97 Å². The van der Waals surface area contributed by atoms with Crippen LogP contribution >= 0.6 is 0 Å². The lowest BCUT2D eigenvalue weighted by atomic mass is 10.3. The molecule has 4 nitrogen and oxygen atoms in total. The van der Waals surface area contributed by atoms with Gasteiger partial charge in [-0.15, -0.1) is 0 Å². The van der Waals surface area contributed by atoms with Gasteiger partial charge in [-0.2, -0.15) is 13.2 Å². The highest BCUT2D eigenvalue weighted by atomic mass is 19.4. The van der Waals surface area contributed by atoms with Gasteiger partial charge in [0, 0.05) is 6.04 Å².